The Morgan fingerprint density at radius 2 is 1.75 bits per heavy atom. The number of unbranched alkanes of at least 4 members (excludes halogenated alkanes) is 2. The predicted octanol–water partition coefficient (Wildman–Crippen LogP) is 6.48. The molecule has 0 fully saturated rings. The number of rotatable bonds is 9. The van der Waals surface area contributed by atoms with E-state index in [1.54, 1.807) is 13.2 Å². The predicted molar refractivity (Wildman–Crippen MR) is 177 cm³/mol. The summed E-state index contributed by atoms with van der Waals surface area (Å²) >= 11 is 0. The fourth-order valence-electron chi connectivity index (χ4n) is 9.07. The average molecular weight is 660 g/mol. The number of phenolic OH excluding ortho intramolecular Hbond substituents is 1. The number of aliphatic hydroxyl groups excluding tert-OH is 1. The quantitative estimate of drug-likeness (QED) is 0.172. The molecule has 1 spiro atoms. The lowest BCUT2D eigenvalue weighted by Gasteiger charge is -2.49. The molecule has 10 heteroatoms. The number of methoxy groups -OCH3 is 1. The minimum absolute atomic E-state index is 0.0164. The highest BCUT2D eigenvalue weighted by Crippen LogP contribution is 2.65. The van der Waals surface area contributed by atoms with Crippen molar-refractivity contribution in [1.29, 1.82) is 0 Å². The molecular weight excluding hydrogens is 614 g/mol. The van der Waals surface area contributed by atoms with Crippen molar-refractivity contribution in [1.82, 2.24) is 5.16 Å². The highest BCUT2D eigenvalue weighted by molar-refractivity contribution is 6.26. The SMILES string of the molecule is CCCCOc1noc2c1[C@H](O)[C@]1(O)C(=O)c3c(c4c5c(c(OC)cc(OCCCC)c5c3O)[C@@]3(C4)C(C)=CCCC3(C)C)C(=O)[C@@H]1C2. The Kier molecular flexibility index (Phi) is 7.71. The van der Waals surface area contributed by atoms with Gasteiger partial charge in [0.15, 0.2) is 11.4 Å². The zero-order valence-electron chi connectivity index (χ0n) is 28.6. The number of hydrogen-bond acceptors (Lipinski definition) is 10. The van der Waals surface area contributed by atoms with Crippen molar-refractivity contribution in [2.75, 3.05) is 20.3 Å². The number of Topliss-reactive ketones (excluding diaryl/α,β-unsaturated/α-hetero) is 2. The Hall–Kier alpha value is -3.89. The van der Waals surface area contributed by atoms with Gasteiger partial charge in [-0.25, -0.2) is 0 Å². The first-order chi connectivity index (χ1) is 22.9. The van der Waals surface area contributed by atoms with E-state index in [0.717, 1.165) is 49.7 Å². The van der Waals surface area contributed by atoms with E-state index < -0.39 is 40.4 Å². The number of hydrogen-bond donors (Lipinski definition) is 3. The number of aromatic hydroxyl groups is 1. The number of benzene rings is 2. The van der Waals surface area contributed by atoms with Crippen LogP contribution in [0.2, 0.25) is 0 Å². The van der Waals surface area contributed by atoms with Crippen molar-refractivity contribution in [2.24, 2.45) is 11.3 Å². The van der Waals surface area contributed by atoms with E-state index in [4.69, 9.17) is 18.7 Å². The maximum atomic E-state index is 14.8. The summed E-state index contributed by atoms with van der Waals surface area (Å²) in [5.74, 6) is -2.18. The Bertz CT molecular complexity index is 1890. The Morgan fingerprint density at radius 1 is 1.04 bits per heavy atom. The van der Waals surface area contributed by atoms with Gasteiger partial charge in [-0.2, -0.15) is 0 Å². The molecule has 0 aliphatic heterocycles. The van der Waals surface area contributed by atoms with Crippen molar-refractivity contribution in [2.45, 2.75) is 103 Å². The van der Waals surface area contributed by atoms with Gasteiger partial charge >= 0.3 is 0 Å². The second-order valence-electron chi connectivity index (χ2n) is 14.6. The van der Waals surface area contributed by atoms with Gasteiger partial charge in [-0.3, -0.25) is 9.59 Å². The summed E-state index contributed by atoms with van der Waals surface area (Å²) < 4.78 is 23.7. The van der Waals surface area contributed by atoms with Crippen LogP contribution in [0.4, 0.5) is 0 Å². The average Bonchev–Trinajstić information content (AvgIpc) is 3.63. The molecule has 2 aromatic carbocycles. The van der Waals surface area contributed by atoms with Crippen molar-refractivity contribution in [3.63, 3.8) is 0 Å². The lowest BCUT2D eigenvalue weighted by atomic mass is 9.54. The summed E-state index contributed by atoms with van der Waals surface area (Å²) in [6.07, 6.45) is 5.59. The molecule has 0 radical (unpaired) electrons. The molecule has 10 nitrogen and oxygen atoms in total. The fraction of sp³-hybridized carbons (Fsp3) is 0.553. The fourth-order valence-corrected chi connectivity index (χ4v) is 9.07. The van der Waals surface area contributed by atoms with E-state index in [-0.39, 0.29) is 40.2 Å². The highest BCUT2D eigenvalue weighted by atomic mass is 16.5. The summed E-state index contributed by atoms with van der Waals surface area (Å²) in [5.41, 5.74) is -1.02. The van der Waals surface area contributed by atoms with Gasteiger partial charge < -0.3 is 34.1 Å². The number of carbonyl (C=O) groups is 2. The van der Waals surface area contributed by atoms with Gasteiger partial charge in [0, 0.05) is 34.4 Å². The highest BCUT2D eigenvalue weighted by Gasteiger charge is 2.64. The molecule has 0 saturated carbocycles. The molecule has 0 amide bonds. The number of aliphatic hydroxyl groups is 2. The number of ketones is 2. The topological polar surface area (TPSA) is 149 Å². The lowest BCUT2D eigenvalue weighted by Crippen LogP contribution is -2.59. The van der Waals surface area contributed by atoms with E-state index in [0.29, 0.717) is 47.5 Å². The first-order valence-electron chi connectivity index (χ1n) is 17.2. The second-order valence-corrected chi connectivity index (χ2v) is 14.6. The number of phenols is 1. The van der Waals surface area contributed by atoms with Gasteiger partial charge in [0.1, 0.15) is 29.1 Å². The van der Waals surface area contributed by atoms with Gasteiger partial charge in [0.05, 0.1) is 42.8 Å². The largest absolute Gasteiger partial charge is 0.506 e. The third kappa shape index (κ3) is 4.08. The van der Waals surface area contributed by atoms with Crippen LogP contribution in [0.3, 0.4) is 0 Å². The molecule has 4 atom stereocenters. The first kappa shape index (κ1) is 32.6. The molecule has 3 aromatic rings. The molecule has 7 rings (SSSR count). The first-order valence-corrected chi connectivity index (χ1v) is 17.2. The third-order valence-electron chi connectivity index (χ3n) is 11.7. The molecule has 0 saturated heterocycles. The monoisotopic (exact) mass is 659 g/mol. The number of ether oxygens (including phenoxy) is 3. The molecule has 256 valence electrons. The smallest absolute Gasteiger partial charge is 0.260 e. The Labute approximate surface area is 280 Å². The number of aromatic nitrogens is 1. The summed E-state index contributed by atoms with van der Waals surface area (Å²) in [5, 5.41) is 41.2. The van der Waals surface area contributed by atoms with Crippen molar-refractivity contribution in [3.8, 4) is 23.1 Å². The van der Waals surface area contributed by atoms with Gasteiger partial charge in [-0.05, 0) is 55.2 Å². The Morgan fingerprint density at radius 3 is 2.42 bits per heavy atom. The summed E-state index contributed by atoms with van der Waals surface area (Å²) in [4.78, 5) is 29.6. The molecule has 1 aromatic heterocycles. The second kappa shape index (κ2) is 11.3. The van der Waals surface area contributed by atoms with Crippen LogP contribution < -0.4 is 14.2 Å². The molecule has 4 aliphatic carbocycles. The number of fused-ring (bicyclic) bond motifs is 5. The molecule has 48 heavy (non-hydrogen) atoms. The minimum atomic E-state index is -2.59. The molecule has 0 unspecified atom stereocenters. The zero-order chi connectivity index (χ0) is 34.3. The van der Waals surface area contributed by atoms with Crippen LogP contribution in [0, 0.1) is 11.3 Å². The number of nitrogens with zero attached hydrogens (tertiary/aromatic N) is 1. The maximum absolute atomic E-state index is 14.8. The summed E-state index contributed by atoms with van der Waals surface area (Å²) in [6, 6.07) is 1.78. The minimum Gasteiger partial charge on any atom is -0.506 e. The molecule has 1 heterocycles. The van der Waals surface area contributed by atoms with Crippen LogP contribution in [-0.2, 0) is 18.3 Å². The molecule has 3 N–H and O–H groups in total. The molecule has 0 bridgehead atoms. The van der Waals surface area contributed by atoms with Crippen LogP contribution in [0.5, 0.6) is 23.1 Å². The third-order valence-corrected chi connectivity index (χ3v) is 11.7. The van der Waals surface area contributed by atoms with Crippen LogP contribution in [0.25, 0.3) is 10.8 Å². The van der Waals surface area contributed by atoms with Crippen molar-refractivity contribution in [3.05, 3.63) is 51.3 Å². The Balaban J connectivity index is 1.50. The van der Waals surface area contributed by atoms with Crippen LogP contribution in [0.1, 0.15) is 122 Å². The van der Waals surface area contributed by atoms with E-state index in [9.17, 15) is 24.9 Å². The maximum Gasteiger partial charge on any atom is 0.260 e. The van der Waals surface area contributed by atoms with Crippen molar-refractivity contribution >= 4 is 22.3 Å². The van der Waals surface area contributed by atoms with Crippen LogP contribution >= 0.6 is 0 Å². The van der Waals surface area contributed by atoms with Crippen molar-refractivity contribution < 1.29 is 43.6 Å². The van der Waals surface area contributed by atoms with Gasteiger partial charge in [-0.1, -0.05) is 52.2 Å². The lowest BCUT2D eigenvalue weighted by molar-refractivity contribution is -0.0890. The van der Waals surface area contributed by atoms with E-state index >= 15 is 0 Å². The number of carbonyl (C=O) groups excluding carboxylic acids is 2. The van der Waals surface area contributed by atoms with Crippen LogP contribution in [-0.4, -0.2) is 58.0 Å². The standard InChI is InChI=1S/C38H45NO9/c1-7-9-14-46-22-17-24(45-6)30-25-20(18-37(30)19(3)12-11-13-36(37,4)5)26-29(32(41)27(22)25)34(43)38(44)21(31(26)40)16-23-28(33(38)42)35(39-48-23)47-15-10-8-2/h12,17,21,33,41-42,44H,7-11,13-16,18H2,1-6H3/t21-,33-,37+,38-/m0/s1. The zero-order valence-corrected chi connectivity index (χ0v) is 28.6. The van der Waals surface area contributed by atoms with Gasteiger partial charge in [0.2, 0.25) is 5.78 Å². The summed E-state index contributed by atoms with van der Waals surface area (Å²) in [6.45, 7) is 11.3. The normalized spacial score (nSPS) is 26.7. The molecule has 4 aliphatic rings. The number of allylic oxidation sites excluding steroid dienone is 2. The van der Waals surface area contributed by atoms with E-state index in [1.807, 2.05) is 13.8 Å². The van der Waals surface area contributed by atoms with E-state index in [1.165, 1.54) is 0 Å². The van der Waals surface area contributed by atoms with Gasteiger partial charge in [0.25, 0.3) is 5.88 Å². The summed E-state index contributed by atoms with van der Waals surface area (Å²) in [7, 11) is 1.61. The van der Waals surface area contributed by atoms with Gasteiger partial charge in [-0.15, -0.1) is 0 Å². The molecular formula is C38H45NO9. The van der Waals surface area contributed by atoms with E-state index in [2.05, 4.69) is 32.0 Å². The van der Waals surface area contributed by atoms with Crippen LogP contribution in [0.15, 0.2) is 22.2 Å².